The number of allylic oxidation sites excluding steroid dienone is 1. The number of aromatic nitrogens is 1. The Kier molecular flexibility index (Phi) is 6.12. The minimum Gasteiger partial charge on any atom is -0.497 e. The molecule has 1 N–H and O–H groups in total. The fraction of sp³-hybridized carbons (Fsp3) is 0.310. The molecule has 36 heavy (non-hydrogen) atoms. The Hall–Kier alpha value is -3.58. The minimum absolute atomic E-state index is 0.0475. The molecule has 0 bridgehead atoms. The normalized spacial score (nSPS) is 20.5. The van der Waals surface area contributed by atoms with Gasteiger partial charge in [-0.25, -0.2) is 0 Å². The first-order valence-corrected chi connectivity index (χ1v) is 12.5. The lowest BCUT2D eigenvalue weighted by Gasteiger charge is -2.41. The van der Waals surface area contributed by atoms with Gasteiger partial charge in [-0.2, -0.15) is 0 Å². The van der Waals surface area contributed by atoms with E-state index < -0.39 is 0 Å². The molecule has 0 unspecified atom stereocenters. The molecule has 186 valence electrons. The number of fused-ring (bicyclic) bond motifs is 1. The maximum Gasteiger partial charge on any atom is 0.174 e. The summed E-state index contributed by atoms with van der Waals surface area (Å²) in [5.41, 5.74) is 6.63. The van der Waals surface area contributed by atoms with E-state index in [9.17, 15) is 0 Å². The first kappa shape index (κ1) is 24.1. The van der Waals surface area contributed by atoms with Crippen LogP contribution in [0.15, 0.2) is 66.9 Å². The van der Waals surface area contributed by atoms with Crippen molar-refractivity contribution < 1.29 is 9.47 Å². The van der Waals surface area contributed by atoms with Gasteiger partial charge in [-0.15, -0.1) is 0 Å². The molecule has 7 heteroatoms. The molecule has 2 aromatic carbocycles. The number of hydrogen-bond acceptors (Lipinski definition) is 5. The molecule has 0 aliphatic carbocycles. The van der Waals surface area contributed by atoms with Gasteiger partial charge in [0.05, 0.1) is 43.2 Å². The molecule has 0 saturated carbocycles. The number of anilines is 2. The lowest BCUT2D eigenvalue weighted by atomic mass is 9.86. The topological polar surface area (TPSA) is 49.9 Å². The molecule has 2 atom stereocenters. The Morgan fingerprint density at radius 1 is 1.00 bits per heavy atom. The smallest absolute Gasteiger partial charge is 0.174 e. The Morgan fingerprint density at radius 3 is 2.47 bits per heavy atom. The lowest BCUT2D eigenvalue weighted by molar-refractivity contribution is 0.394. The van der Waals surface area contributed by atoms with Gasteiger partial charge in [0.2, 0.25) is 0 Å². The second-order valence-corrected chi connectivity index (χ2v) is 10.2. The van der Waals surface area contributed by atoms with Crippen LogP contribution in [0.25, 0.3) is 5.57 Å². The number of ether oxygens (including phenoxy) is 2. The van der Waals surface area contributed by atoms with Gasteiger partial charge >= 0.3 is 0 Å². The highest BCUT2D eigenvalue weighted by Crippen LogP contribution is 2.47. The fourth-order valence-electron chi connectivity index (χ4n) is 5.30. The predicted molar refractivity (Wildman–Crippen MR) is 150 cm³/mol. The second kappa shape index (κ2) is 9.13. The Balaban J connectivity index is 1.68. The van der Waals surface area contributed by atoms with Crippen molar-refractivity contribution >= 4 is 34.3 Å². The van der Waals surface area contributed by atoms with Crippen LogP contribution in [0.3, 0.4) is 0 Å². The van der Waals surface area contributed by atoms with Gasteiger partial charge in [-0.05, 0) is 80.5 Å². The van der Waals surface area contributed by atoms with E-state index in [1.165, 1.54) is 16.8 Å². The lowest BCUT2D eigenvalue weighted by Crippen LogP contribution is -2.42. The summed E-state index contributed by atoms with van der Waals surface area (Å²) in [7, 11) is 5.47. The van der Waals surface area contributed by atoms with E-state index in [0.29, 0.717) is 10.9 Å². The van der Waals surface area contributed by atoms with E-state index in [4.69, 9.17) is 21.7 Å². The van der Waals surface area contributed by atoms with Crippen LogP contribution in [0, 0.1) is 0 Å². The van der Waals surface area contributed by atoms with Crippen LogP contribution in [-0.2, 0) is 0 Å². The molecule has 2 aliphatic heterocycles. The van der Waals surface area contributed by atoms with E-state index in [2.05, 4.69) is 72.2 Å². The summed E-state index contributed by atoms with van der Waals surface area (Å²) in [5.74, 6) is 1.42. The van der Waals surface area contributed by atoms with Crippen LogP contribution in [-0.4, -0.2) is 36.9 Å². The maximum absolute atomic E-state index is 5.92. The predicted octanol–water partition coefficient (Wildman–Crippen LogP) is 5.91. The molecule has 5 rings (SSSR count). The maximum atomic E-state index is 5.92. The van der Waals surface area contributed by atoms with Crippen molar-refractivity contribution in [3.8, 4) is 11.5 Å². The molecule has 3 heterocycles. The van der Waals surface area contributed by atoms with Crippen molar-refractivity contribution in [3.63, 3.8) is 0 Å². The number of likely N-dealkylation sites (N-methyl/N-ethyl adjacent to an activating group) is 1. The fourth-order valence-corrected chi connectivity index (χ4v) is 5.64. The number of benzene rings is 2. The first-order chi connectivity index (χ1) is 17.2. The van der Waals surface area contributed by atoms with Gasteiger partial charge in [0.15, 0.2) is 5.11 Å². The summed E-state index contributed by atoms with van der Waals surface area (Å²) in [6, 6.07) is 18.3. The number of thiocarbonyl (C=S) groups is 1. The van der Waals surface area contributed by atoms with Crippen LogP contribution in [0.4, 0.5) is 11.4 Å². The zero-order valence-electron chi connectivity index (χ0n) is 21.6. The number of nitrogens with one attached hydrogen (secondary N) is 1. The molecule has 1 aromatic heterocycles. The molecule has 1 fully saturated rings. The molecule has 3 aromatic rings. The Morgan fingerprint density at radius 2 is 1.78 bits per heavy atom. The van der Waals surface area contributed by atoms with Crippen LogP contribution in [0.5, 0.6) is 11.5 Å². The molecule has 0 radical (unpaired) electrons. The summed E-state index contributed by atoms with van der Waals surface area (Å²) in [4.78, 5) is 9.16. The Bertz CT molecular complexity index is 1340. The summed E-state index contributed by atoms with van der Waals surface area (Å²) in [6.07, 6.45) is 4.15. The van der Waals surface area contributed by atoms with Gasteiger partial charge in [-0.1, -0.05) is 18.2 Å². The highest BCUT2D eigenvalue weighted by Gasteiger charge is 2.42. The number of hydrogen-bond donors (Lipinski definition) is 1. The third-order valence-corrected chi connectivity index (χ3v) is 7.64. The summed E-state index contributed by atoms with van der Waals surface area (Å²) in [6.45, 7) is 6.67. The monoisotopic (exact) mass is 500 g/mol. The van der Waals surface area contributed by atoms with E-state index in [1.807, 2.05) is 42.6 Å². The minimum atomic E-state index is -0.134. The summed E-state index contributed by atoms with van der Waals surface area (Å²) >= 11 is 5.92. The van der Waals surface area contributed by atoms with Crippen molar-refractivity contribution in [2.75, 3.05) is 31.1 Å². The van der Waals surface area contributed by atoms with Crippen LogP contribution < -0.4 is 24.6 Å². The molecule has 1 saturated heterocycles. The highest BCUT2D eigenvalue weighted by atomic mass is 32.1. The zero-order valence-corrected chi connectivity index (χ0v) is 22.4. The highest BCUT2D eigenvalue weighted by molar-refractivity contribution is 7.80. The number of rotatable bonds is 5. The van der Waals surface area contributed by atoms with Crippen LogP contribution in [0.1, 0.15) is 49.7 Å². The van der Waals surface area contributed by atoms with E-state index >= 15 is 0 Å². The summed E-state index contributed by atoms with van der Waals surface area (Å²) in [5, 5.41) is 4.17. The third kappa shape index (κ3) is 3.97. The van der Waals surface area contributed by atoms with Crippen molar-refractivity contribution in [1.29, 1.82) is 0 Å². The quantitative estimate of drug-likeness (QED) is 0.437. The van der Waals surface area contributed by atoms with Crippen molar-refractivity contribution in [1.82, 2.24) is 10.3 Å². The Labute approximate surface area is 218 Å². The zero-order chi connectivity index (χ0) is 25.6. The molecular formula is C29H32N4O2S. The van der Waals surface area contributed by atoms with E-state index in [1.54, 1.807) is 14.2 Å². The average molecular weight is 501 g/mol. The van der Waals surface area contributed by atoms with Gasteiger partial charge in [0, 0.05) is 30.6 Å². The molecule has 2 aliphatic rings. The van der Waals surface area contributed by atoms with Gasteiger partial charge in [0.25, 0.3) is 0 Å². The van der Waals surface area contributed by atoms with Crippen LogP contribution >= 0.6 is 12.2 Å². The molecule has 0 spiro atoms. The molecule has 6 nitrogen and oxygen atoms in total. The average Bonchev–Trinajstić information content (AvgIpc) is 3.23. The van der Waals surface area contributed by atoms with E-state index in [-0.39, 0.29) is 17.6 Å². The van der Waals surface area contributed by atoms with Gasteiger partial charge < -0.3 is 24.6 Å². The van der Waals surface area contributed by atoms with E-state index in [0.717, 1.165) is 22.7 Å². The van der Waals surface area contributed by atoms with Crippen molar-refractivity contribution in [2.45, 2.75) is 38.4 Å². The summed E-state index contributed by atoms with van der Waals surface area (Å²) < 4.78 is 11.2. The van der Waals surface area contributed by atoms with Crippen molar-refractivity contribution in [3.05, 3.63) is 83.7 Å². The first-order valence-electron chi connectivity index (χ1n) is 12.1. The number of pyridine rings is 1. The van der Waals surface area contributed by atoms with Crippen molar-refractivity contribution in [2.24, 2.45) is 0 Å². The second-order valence-electron chi connectivity index (χ2n) is 9.85. The number of methoxy groups -OCH3 is 2. The standard InChI is InChI=1S/C29H32N4O2S/c1-18-17-29(2,3)32(4)23-12-10-19(15-21(18)23)27-26(22-9-7-8-14-30-22)31-28(36)33(27)24-13-11-20(34-5)16-25(24)35-6/h7-17,26-27H,1-6H3,(H,31,36)/t26-,27-/m1/s1. The molecule has 0 amide bonds. The largest absolute Gasteiger partial charge is 0.497 e. The van der Waals surface area contributed by atoms with Crippen LogP contribution in [0.2, 0.25) is 0 Å². The SMILES string of the molecule is COc1ccc(N2C(=S)N[C@H](c3ccccn3)[C@H]2c2ccc3c(c2)C(C)=CC(C)(C)N3C)c(OC)c1. The number of nitrogens with zero attached hydrogens (tertiary/aromatic N) is 3. The molecular weight excluding hydrogens is 468 g/mol. The third-order valence-electron chi connectivity index (χ3n) is 7.33. The van der Waals surface area contributed by atoms with Gasteiger partial charge in [0.1, 0.15) is 11.5 Å². The van der Waals surface area contributed by atoms with Gasteiger partial charge in [-0.3, -0.25) is 4.98 Å².